The predicted molar refractivity (Wildman–Crippen MR) is 93.4 cm³/mol. The van der Waals surface area contributed by atoms with Crippen LogP contribution < -0.4 is 5.32 Å². The average Bonchev–Trinajstić information content (AvgIpc) is 2.93. The zero-order valence-corrected chi connectivity index (χ0v) is 13.8. The van der Waals surface area contributed by atoms with Crippen LogP contribution in [0.4, 0.5) is 0 Å². The van der Waals surface area contributed by atoms with Crippen LogP contribution in [0.1, 0.15) is 36.4 Å². The van der Waals surface area contributed by atoms with Crippen molar-refractivity contribution in [2.24, 2.45) is 0 Å². The highest BCUT2D eigenvalue weighted by Gasteiger charge is 2.49. The van der Waals surface area contributed by atoms with Crippen LogP contribution in [-0.4, -0.2) is 34.4 Å². The predicted octanol–water partition coefficient (Wildman–Crippen LogP) is 2.72. The van der Waals surface area contributed by atoms with Gasteiger partial charge in [-0.3, -0.25) is 14.7 Å². The first-order chi connectivity index (χ1) is 11.8. The molecule has 0 unspecified atom stereocenters. The first kappa shape index (κ1) is 15.3. The number of pyridine rings is 1. The van der Waals surface area contributed by atoms with Gasteiger partial charge in [-0.05, 0) is 30.5 Å². The molecule has 3 heterocycles. The van der Waals surface area contributed by atoms with Gasteiger partial charge in [-0.2, -0.15) is 0 Å². The maximum Gasteiger partial charge on any atom is 0.220 e. The fraction of sp³-hybridized carbons (Fsp3) is 0.400. The van der Waals surface area contributed by atoms with Crippen LogP contribution in [0.15, 0.2) is 54.7 Å². The number of amides is 1. The van der Waals surface area contributed by atoms with Gasteiger partial charge in [0.25, 0.3) is 0 Å². The molecule has 24 heavy (non-hydrogen) atoms. The molecule has 0 aliphatic carbocycles. The molecule has 0 bridgehead atoms. The van der Waals surface area contributed by atoms with E-state index >= 15 is 0 Å². The summed E-state index contributed by atoms with van der Waals surface area (Å²) >= 11 is 0. The van der Waals surface area contributed by atoms with Crippen LogP contribution >= 0.6 is 0 Å². The van der Waals surface area contributed by atoms with Gasteiger partial charge >= 0.3 is 0 Å². The van der Waals surface area contributed by atoms with Crippen LogP contribution in [0.2, 0.25) is 0 Å². The van der Waals surface area contributed by atoms with Crippen LogP contribution in [0, 0.1) is 0 Å². The van der Waals surface area contributed by atoms with Crippen LogP contribution in [0.3, 0.4) is 0 Å². The highest BCUT2D eigenvalue weighted by atomic mass is 16.1. The van der Waals surface area contributed by atoms with Gasteiger partial charge in [0.1, 0.15) is 0 Å². The third-order valence-electron chi connectivity index (χ3n) is 5.34. The number of aromatic nitrogens is 1. The monoisotopic (exact) mass is 321 g/mol. The quantitative estimate of drug-likeness (QED) is 0.945. The molecule has 0 radical (unpaired) electrons. The highest BCUT2D eigenvalue weighted by molar-refractivity contribution is 5.78. The Labute approximate surface area is 142 Å². The summed E-state index contributed by atoms with van der Waals surface area (Å²) in [7, 11) is 0. The van der Waals surface area contributed by atoms with Gasteiger partial charge in [0, 0.05) is 38.2 Å². The second-order valence-electron chi connectivity index (χ2n) is 7.01. The van der Waals surface area contributed by atoms with Gasteiger partial charge < -0.3 is 5.32 Å². The number of rotatable bonds is 3. The second-order valence-corrected chi connectivity index (χ2v) is 7.01. The molecule has 1 aromatic carbocycles. The number of nitrogens with one attached hydrogen (secondary N) is 1. The van der Waals surface area contributed by atoms with E-state index in [1.165, 1.54) is 5.56 Å². The van der Waals surface area contributed by atoms with E-state index in [1.54, 1.807) is 0 Å². The lowest BCUT2D eigenvalue weighted by molar-refractivity contribution is -0.125. The van der Waals surface area contributed by atoms with E-state index in [0.29, 0.717) is 12.3 Å². The third-order valence-corrected chi connectivity index (χ3v) is 5.34. The summed E-state index contributed by atoms with van der Waals surface area (Å²) in [6.45, 7) is 2.69. The summed E-state index contributed by atoms with van der Waals surface area (Å²) < 4.78 is 0. The lowest BCUT2D eigenvalue weighted by atomic mass is 9.76. The zero-order chi connectivity index (χ0) is 16.4. The molecule has 1 aromatic heterocycles. The molecule has 2 saturated heterocycles. The van der Waals surface area contributed by atoms with Crippen molar-refractivity contribution < 1.29 is 4.79 Å². The van der Waals surface area contributed by atoms with E-state index in [4.69, 9.17) is 0 Å². The van der Waals surface area contributed by atoms with Gasteiger partial charge in [-0.25, -0.2) is 0 Å². The van der Waals surface area contributed by atoms with Crippen molar-refractivity contribution in [3.63, 3.8) is 0 Å². The second kappa shape index (κ2) is 6.36. The molecule has 1 N–H and O–H groups in total. The summed E-state index contributed by atoms with van der Waals surface area (Å²) in [5.41, 5.74) is 2.28. The Morgan fingerprint density at radius 1 is 1.17 bits per heavy atom. The molecule has 2 aliphatic rings. The number of benzene rings is 1. The highest BCUT2D eigenvalue weighted by Crippen LogP contribution is 2.41. The summed E-state index contributed by atoms with van der Waals surface area (Å²) in [6.07, 6.45) is 4.53. The molecule has 2 aromatic rings. The molecule has 2 atom stereocenters. The van der Waals surface area contributed by atoms with Crippen molar-refractivity contribution in [2.45, 2.75) is 37.3 Å². The number of nitrogens with zero attached hydrogens (tertiary/aromatic N) is 2. The minimum absolute atomic E-state index is 0.133. The van der Waals surface area contributed by atoms with Gasteiger partial charge in [0.15, 0.2) is 0 Å². The maximum atomic E-state index is 12.1. The van der Waals surface area contributed by atoms with Crippen molar-refractivity contribution in [3.8, 4) is 0 Å². The third kappa shape index (κ3) is 2.94. The smallest absolute Gasteiger partial charge is 0.220 e. The fourth-order valence-corrected chi connectivity index (χ4v) is 4.30. The van der Waals surface area contributed by atoms with Crippen LogP contribution in [0.25, 0.3) is 0 Å². The van der Waals surface area contributed by atoms with Gasteiger partial charge in [0.2, 0.25) is 5.91 Å². The van der Waals surface area contributed by atoms with Gasteiger partial charge in [-0.15, -0.1) is 0 Å². The Kier molecular flexibility index (Phi) is 4.07. The molecule has 4 nitrogen and oxygen atoms in total. The van der Waals surface area contributed by atoms with Crippen molar-refractivity contribution in [2.75, 3.05) is 13.1 Å². The average molecular weight is 321 g/mol. The topological polar surface area (TPSA) is 45.2 Å². The first-order valence-corrected chi connectivity index (χ1v) is 8.73. The molecule has 4 heteroatoms. The molecule has 1 spiro atoms. The van der Waals surface area contributed by atoms with Crippen LogP contribution in [-0.2, 0) is 11.3 Å². The Morgan fingerprint density at radius 2 is 2.00 bits per heavy atom. The largest absolute Gasteiger partial charge is 0.349 e. The van der Waals surface area contributed by atoms with E-state index in [-0.39, 0.29) is 11.4 Å². The van der Waals surface area contributed by atoms with E-state index < -0.39 is 0 Å². The number of carbonyl (C=O) groups is 1. The Hall–Kier alpha value is -2.20. The maximum absolute atomic E-state index is 12.1. The molecule has 2 fully saturated rings. The summed E-state index contributed by atoms with van der Waals surface area (Å²) in [6, 6.07) is 16.7. The van der Waals surface area contributed by atoms with Crippen molar-refractivity contribution in [3.05, 3.63) is 66.0 Å². The molecule has 4 rings (SSSR count). The van der Waals surface area contributed by atoms with E-state index in [0.717, 1.165) is 38.2 Å². The zero-order valence-electron chi connectivity index (χ0n) is 13.8. The standard InChI is InChI=1S/C20H23N3O/c24-19-10-6-11-20(22-19)15-23(13-17-9-4-5-12-21-17)14-18(20)16-7-2-1-3-8-16/h1-5,7-9,12,18H,6,10-11,13-15H2,(H,22,24)/t18-,20+/m0/s1. The summed E-state index contributed by atoms with van der Waals surface area (Å²) in [4.78, 5) is 19.0. The normalized spacial score (nSPS) is 27.3. The van der Waals surface area contributed by atoms with E-state index in [1.807, 2.05) is 18.3 Å². The summed E-state index contributed by atoms with van der Waals surface area (Å²) in [5, 5.41) is 3.36. The number of carbonyl (C=O) groups excluding carboxylic acids is 1. The van der Waals surface area contributed by atoms with Gasteiger partial charge in [0.05, 0.1) is 11.2 Å². The number of hydrogen-bond acceptors (Lipinski definition) is 3. The lowest BCUT2D eigenvalue weighted by Crippen LogP contribution is -2.56. The molecular weight excluding hydrogens is 298 g/mol. The Bertz CT molecular complexity index is 703. The Morgan fingerprint density at radius 3 is 2.75 bits per heavy atom. The van der Waals surface area contributed by atoms with E-state index in [2.05, 4.69) is 51.6 Å². The van der Waals surface area contributed by atoms with Crippen molar-refractivity contribution >= 4 is 5.91 Å². The molecule has 1 amide bonds. The summed E-state index contributed by atoms with van der Waals surface area (Å²) in [5.74, 6) is 0.536. The number of likely N-dealkylation sites (tertiary alicyclic amines) is 1. The van der Waals surface area contributed by atoms with E-state index in [9.17, 15) is 4.79 Å². The van der Waals surface area contributed by atoms with Crippen molar-refractivity contribution in [1.29, 1.82) is 0 Å². The molecular formula is C20H23N3O. The molecule has 124 valence electrons. The van der Waals surface area contributed by atoms with Crippen LogP contribution in [0.5, 0.6) is 0 Å². The Balaban J connectivity index is 1.61. The van der Waals surface area contributed by atoms with Gasteiger partial charge in [-0.1, -0.05) is 36.4 Å². The molecule has 2 aliphatic heterocycles. The van der Waals surface area contributed by atoms with Crippen molar-refractivity contribution in [1.82, 2.24) is 15.2 Å². The number of piperidine rings is 1. The molecule has 0 saturated carbocycles. The fourth-order valence-electron chi connectivity index (χ4n) is 4.30. The lowest BCUT2D eigenvalue weighted by Gasteiger charge is -2.39. The minimum atomic E-state index is -0.133. The SMILES string of the molecule is O=C1CCC[C@]2(CN(Cc3ccccn3)C[C@H]2c2ccccc2)N1. The number of hydrogen-bond donors (Lipinski definition) is 1. The minimum Gasteiger partial charge on any atom is -0.349 e. The first-order valence-electron chi connectivity index (χ1n) is 8.73.